The van der Waals surface area contributed by atoms with Gasteiger partial charge in [0.05, 0.1) is 0 Å². The number of thioether (sulfide) groups is 1. The van der Waals surface area contributed by atoms with Crippen LogP contribution in [0.3, 0.4) is 0 Å². The van der Waals surface area contributed by atoms with E-state index in [0.29, 0.717) is 23.1 Å². The summed E-state index contributed by atoms with van der Waals surface area (Å²) in [6.45, 7) is 1.31. The smallest absolute Gasteiger partial charge is 0.157 e. The van der Waals surface area contributed by atoms with Crippen molar-refractivity contribution in [2.75, 3.05) is 6.26 Å². The summed E-state index contributed by atoms with van der Waals surface area (Å²) in [6, 6.07) is 17.7. The third-order valence-electron chi connectivity index (χ3n) is 5.41. The van der Waals surface area contributed by atoms with Crippen molar-refractivity contribution < 1.29 is 10.2 Å². The van der Waals surface area contributed by atoms with Crippen LogP contribution in [-0.2, 0) is 19.5 Å². The Balaban J connectivity index is 1.72. The number of rotatable bonds is 4. The Morgan fingerprint density at radius 3 is 2.31 bits per heavy atom. The Morgan fingerprint density at radius 2 is 1.66 bits per heavy atom. The van der Waals surface area contributed by atoms with Crippen LogP contribution in [0.4, 0.5) is 0 Å². The number of halogens is 2. The van der Waals surface area contributed by atoms with Gasteiger partial charge in [-0.2, -0.15) is 0 Å². The summed E-state index contributed by atoms with van der Waals surface area (Å²) in [5.74, 6) is -0.162. The molecule has 4 rings (SSSR count). The van der Waals surface area contributed by atoms with E-state index in [9.17, 15) is 10.2 Å². The van der Waals surface area contributed by atoms with Crippen LogP contribution in [0, 0.1) is 0 Å². The average Bonchev–Trinajstić information content (AvgIpc) is 2.71. The highest BCUT2D eigenvalue weighted by Crippen LogP contribution is 2.39. The van der Waals surface area contributed by atoms with Gasteiger partial charge in [0.25, 0.3) is 0 Å². The second kappa shape index (κ2) is 8.49. The fraction of sp³-hybridized carbons (Fsp3) is 0.217. The predicted octanol–water partition coefficient (Wildman–Crippen LogP) is 6.43. The van der Waals surface area contributed by atoms with E-state index in [4.69, 9.17) is 23.2 Å². The van der Waals surface area contributed by atoms with Crippen molar-refractivity contribution in [3.8, 4) is 11.5 Å². The molecule has 2 N–H and O–H groups in total. The Labute approximate surface area is 184 Å². The molecule has 0 spiro atoms. The number of hydrogen-bond acceptors (Lipinski definition) is 4. The molecule has 1 aliphatic heterocycles. The summed E-state index contributed by atoms with van der Waals surface area (Å²) in [6.07, 6.45) is 2.81. The van der Waals surface area contributed by atoms with E-state index in [1.807, 2.05) is 12.1 Å². The maximum absolute atomic E-state index is 9.97. The van der Waals surface area contributed by atoms with Crippen LogP contribution in [0.15, 0.2) is 59.5 Å². The Bertz CT molecular complexity index is 1040. The van der Waals surface area contributed by atoms with Crippen LogP contribution >= 0.6 is 35.0 Å². The molecule has 0 fully saturated rings. The van der Waals surface area contributed by atoms with Crippen molar-refractivity contribution >= 4 is 35.0 Å². The Morgan fingerprint density at radius 1 is 0.966 bits per heavy atom. The Kier molecular flexibility index (Phi) is 5.98. The van der Waals surface area contributed by atoms with Crippen molar-refractivity contribution in [2.24, 2.45) is 0 Å². The topological polar surface area (TPSA) is 43.7 Å². The first kappa shape index (κ1) is 20.4. The maximum atomic E-state index is 9.97. The highest BCUT2D eigenvalue weighted by Gasteiger charge is 2.29. The number of benzene rings is 3. The van der Waals surface area contributed by atoms with E-state index in [2.05, 4.69) is 35.4 Å². The molecule has 3 aromatic carbocycles. The highest BCUT2D eigenvalue weighted by molar-refractivity contribution is 7.98. The number of phenolic OH excluding ortho intramolecular Hbond substituents is 2. The molecule has 0 saturated carbocycles. The van der Waals surface area contributed by atoms with Crippen LogP contribution in [-0.4, -0.2) is 21.4 Å². The molecule has 0 aromatic heterocycles. The molecule has 3 aromatic rings. The van der Waals surface area contributed by atoms with Gasteiger partial charge in [-0.15, -0.1) is 11.8 Å². The molecule has 6 heteroatoms. The van der Waals surface area contributed by atoms with Crippen molar-refractivity contribution in [3.63, 3.8) is 0 Å². The van der Waals surface area contributed by atoms with Gasteiger partial charge in [-0.3, -0.25) is 4.90 Å². The maximum Gasteiger partial charge on any atom is 0.157 e. The average molecular weight is 446 g/mol. The van der Waals surface area contributed by atoms with Crippen molar-refractivity contribution in [3.05, 3.63) is 86.9 Å². The molecule has 0 aliphatic carbocycles. The lowest BCUT2D eigenvalue weighted by molar-refractivity contribution is 0.162. The van der Waals surface area contributed by atoms with Gasteiger partial charge in [0.1, 0.15) is 0 Å². The van der Waals surface area contributed by atoms with Gasteiger partial charge >= 0.3 is 0 Å². The first-order valence-corrected chi connectivity index (χ1v) is 11.3. The van der Waals surface area contributed by atoms with Gasteiger partial charge in [0, 0.05) is 34.1 Å². The largest absolute Gasteiger partial charge is 0.504 e. The molecule has 0 amide bonds. The summed E-state index contributed by atoms with van der Waals surface area (Å²) >= 11 is 14.2. The highest BCUT2D eigenvalue weighted by atomic mass is 35.5. The molecule has 3 nitrogen and oxygen atoms in total. The quantitative estimate of drug-likeness (QED) is 0.358. The predicted molar refractivity (Wildman–Crippen MR) is 120 cm³/mol. The second-order valence-electron chi connectivity index (χ2n) is 7.24. The van der Waals surface area contributed by atoms with Crippen LogP contribution in [0.25, 0.3) is 0 Å². The van der Waals surface area contributed by atoms with Gasteiger partial charge in [0.2, 0.25) is 0 Å². The number of aromatic hydroxyl groups is 2. The molecule has 0 saturated heterocycles. The lowest BCUT2D eigenvalue weighted by Gasteiger charge is -2.37. The van der Waals surface area contributed by atoms with E-state index < -0.39 is 0 Å². The molecular formula is C23H21Cl2NO2S. The third-order valence-corrected chi connectivity index (χ3v) is 6.74. The first-order valence-electron chi connectivity index (χ1n) is 9.30. The number of hydrogen-bond donors (Lipinski definition) is 2. The zero-order valence-electron chi connectivity index (χ0n) is 15.9. The fourth-order valence-electron chi connectivity index (χ4n) is 3.86. The number of phenols is 2. The zero-order valence-corrected chi connectivity index (χ0v) is 18.2. The molecule has 150 valence electrons. The van der Waals surface area contributed by atoms with E-state index >= 15 is 0 Å². The van der Waals surface area contributed by atoms with Gasteiger partial charge < -0.3 is 10.2 Å². The van der Waals surface area contributed by atoms with Crippen LogP contribution < -0.4 is 0 Å². The van der Waals surface area contributed by atoms with E-state index in [1.165, 1.54) is 10.5 Å². The normalized spacial score (nSPS) is 16.6. The van der Waals surface area contributed by atoms with Crippen molar-refractivity contribution in [2.45, 2.75) is 30.4 Å². The minimum Gasteiger partial charge on any atom is -0.504 e. The molecule has 0 bridgehead atoms. The lowest BCUT2D eigenvalue weighted by atomic mass is 9.89. The summed E-state index contributed by atoms with van der Waals surface area (Å²) in [4.78, 5) is 3.57. The minimum atomic E-state index is -0.0870. The van der Waals surface area contributed by atoms with Gasteiger partial charge in [-0.25, -0.2) is 0 Å². The molecule has 1 unspecified atom stereocenters. The summed E-state index contributed by atoms with van der Waals surface area (Å²) < 4.78 is 0. The summed E-state index contributed by atoms with van der Waals surface area (Å²) in [5.41, 5.74) is 4.29. The first-order chi connectivity index (χ1) is 13.9. The third kappa shape index (κ3) is 4.36. The van der Waals surface area contributed by atoms with E-state index in [0.717, 1.165) is 23.1 Å². The zero-order chi connectivity index (χ0) is 20.5. The molecule has 29 heavy (non-hydrogen) atoms. The van der Waals surface area contributed by atoms with Crippen LogP contribution in [0.2, 0.25) is 10.0 Å². The standard InChI is InChI=1S/C23H21Cl2NO2S/c1-29-19-6-3-14(4-7-19)21-8-16-9-22(27)23(28)10-17(16)13-26(21)12-15-2-5-18(24)11-20(15)25/h2-7,9-11,21,27-28H,8,12-13H2,1H3. The number of fused-ring (bicyclic) bond motifs is 1. The van der Waals surface area contributed by atoms with Gasteiger partial charge in [-0.05, 0) is 71.3 Å². The molecular weight excluding hydrogens is 425 g/mol. The lowest BCUT2D eigenvalue weighted by Crippen LogP contribution is -2.33. The summed E-state index contributed by atoms with van der Waals surface area (Å²) in [7, 11) is 0. The van der Waals surface area contributed by atoms with E-state index in [-0.39, 0.29) is 17.5 Å². The minimum absolute atomic E-state index is 0.0746. The van der Waals surface area contributed by atoms with Gasteiger partial charge in [-0.1, -0.05) is 41.4 Å². The SMILES string of the molecule is CSc1ccc(C2Cc3cc(O)c(O)cc3CN2Cc2ccc(Cl)cc2Cl)cc1. The summed E-state index contributed by atoms with van der Waals surface area (Å²) in [5, 5.41) is 21.2. The molecule has 0 radical (unpaired) electrons. The number of nitrogens with zero attached hydrogens (tertiary/aromatic N) is 1. The molecule has 1 aliphatic rings. The fourth-order valence-corrected chi connectivity index (χ4v) is 4.73. The molecule has 1 atom stereocenters. The van der Waals surface area contributed by atoms with Crippen molar-refractivity contribution in [1.82, 2.24) is 4.90 Å². The van der Waals surface area contributed by atoms with Crippen molar-refractivity contribution in [1.29, 1.82) is 0 Å². The second-order valence-corrected chi connectivity index (χ2v) is 8.97. The van der Waals surface area contributed by atoms with Crippen LogP contribution in [0.5, 0.6) is 11.5 Å². The monoisotopic (exact) mass is 445 g/mol. The molecule has 1 heterocycles. The Hall–Kier alpha value is -1.85. The van der Waals surface area contributed by atoms with Crippen LogP contribution in [0.1, 0.15) is 28.3 Å². The van der Waals surface area contributed by atoms with Gasteiger partial charge in [0.15, 0.2) is 11.5 Å². The van der Waals surface area contributed by atoms with E-state index in [1.54, 1.807) is 30.0 Å².